The number of hydrogen-bond donors (Lipinski definition) is 2. The van der Waals surface area contributed by atoms with E-state index in [0.717, 1.165) is 22.7 Å². The Morgan fingerprint density at radius 2 is 1.31 bits per heavy atom. The van der Waals surface area contributed by atoms with Gasteiger partial charge in [-0.1, -0.05) is 12.1 Å². The number of anilines is 2. The monoisotopic (exact) mass is 468 g/mol. The maximum atomic E-state index is 12.7. The number of nitrogens with zero attached hydrogens (tertiary/aromatic N) is 2. The lowest BCUT2D eigenvalue weighted by Crippen LogP contribution is -2.14. The summed E-state index contributed by atoms with van der Waals surface area (Å²) < 4.78 is 7.35. The van der Waals surface area contributed by atoms with Crippen molar-refractivity contribution < 1.29 is 14.3 Å². The highest BCUT2D eigenvalue weighted by atomic mass is 16.5. The van der Waals surface area contributed by atoms with Gasteiger partial charge in [-0.25, -0.2) is 0 Å². The summed E-state index contributed by atoms with van der Waals surface area (Å²) in [4.78, 5) is 25.2. The van der Waals surface area contributed by atoms with Crippen molar-refractivity contribution in [3.05, 3.63) is 107 Å². The molecule has 35 heavy (non-hydrogen) atoms. The van der Waals surface area contributed by atoms with E-state index >= 15 is 0 Å². The van der Waals surface area contributed by atoms with Gasteiger partial charge in [0, 0.05) is 28.2 Å². The molecule has 0 saturated heterocycles. The number of aryl methyl sites for hydroxylation is 2. The molecule has 0 bridgehead atoms. The molecule has 0 radical (unpaired) electrons. The second-order valence-electron chi connectivity index (χ2n) is 8.22. The summed E-state index contributed by atoms with van der Waals surface area (Å²) in [5.41, 5.74) is 5.48. The molecule has 178 valence electrons. The fourth-order valence-corrected chi connectivity index (χ4v) is 3.68. The van der Waals surface area contributed by atoms with Gasteiger partial charge in [-0.15, -0.1) is 0 Å². The standard InChI is InChI=1S/C28H28N4O3/c1-4-35-26-15-13-25(14-16-26)30-28(34)23-9-11-24(12-10-23)29-27(33)22-7-5-21(6-8-22)18-32-20(3)17-19(2)31-32/h5-17H,4,18H2,1-3H3,(H,29,33)(H,30,34). The topological polar surface area (TPSA) is 85.3 Å². The van der Waals surface area contributed by atoms with Gasteiger partial charge >= 0.3 is 0 Å². The van der Waals surface area contributed by atoms with E-state index in [0.29, 0.717) is 35.7 Å². The molecular formula is C28H28N4O3. The molecule has 2 amide bonds. The van der Waals surface area contributed by atoms with Gasteiger partial charge in [0.25, 0.3) is 11.8 Å². The number of benzene rings is 3. The first-order valence-corrected chi connectivity index (χ1v) is 11.5. The molecule has 1 aromatic heterocycles. The highest BCUT2D eigenvalue weighted by Crippen LogP contribution is 2.18. The molecule has 0 saturated carbocycles. The zero-order valence-electron chi connectivity index (χ0n) is 20.0. The second-order valence-corrected chi connectivity index (χ2v) is 8.22. The number of hydrogen-bond acceptors (Lipinski definition) is 4. The Bertz CT molecular complexity index is 1310. The van der Waals surface area contributed by atoms with Crippen LogP contribution in [0, 0.1) is 13.8 Å². The summed E-state index contributed by atoms with van der Waals surface area (Å²) in [6, 6.07) is 23.5. The summed E-state index contributed by atoms with van der Waals surface area (Å²) in [5.74, 6) is 0.308. The number of rotatable bonds is 8. The first-order valence-electron chi connectivity index (χ1n) is 11.5. The predicted octanol–water partition coefficient (Wildman–Crippen LogP) is 5.45. The molecule has 7 nitrogen and oxygen atoms in total. The number of amides is 2. The van der Waals surface area contributed by atoms with Crippen molar-refractivity contribution in [1.29, 1.82) is 0 Å². The molecule has 0 unspecified atom stereocenters. The highest BCUT2D eigenvalue weighted by molar-refractivity contribution is 6.06. The minimum absolute atomic E-state index is 0.214. The normalized spacial score (nSPS) is 10.6. The summed E-state index contributed by atoms with van der Waals surface area (Å²) in [6.45, 7) is 7.16. The average molecular weight is 469 g/mol. The van der Waals surface area contributed by atoms with E-state index in [4.69, 9.17) is 4.74 Å². The maximum Gasteiger partial charge on any atom is 0.255 e. The van der Waals surface area contributed by atoms with E-state index in [1.807, 2.05) is 55.8 Å². The van der Waals surface area contributed by atoms with Crippen molar-refractivity contribution in [2.45, 2.75) is 27.3 Å². The van der Waals surface area contributed by atoms with Gasteiger partial charge < -0.3 is 15.4 Å². The third-order valence-corrected chi connectivity index (χ3v) is 5.48. The molecule has 0 spiro atoms. The molecule has 7 heteroatoms. The van der Waals surface area contributed by atoms with Gasteiger partial charge in [-0.2, -0.15) is 5.10 Å². The fraction of sp³-hybridized carbons (Fsp3) is 0.179. The van der Waals surface area contributed by atoms with Crippen LogP contribution in [-0.4, -0.2) is 28.2 Å². The van der Waals surface area contributed by atoms with Crippen LogP contribution in [0.1, 0.15) is 44.6 Å². The van der Waals surface area contributed by atoms with Crippen LogP contribution in [-0.2, 0) is 6.54 Å². The Hall–Kier alpha value is -4.39. The van der Waals surface area contributed by atoms with Crippen molar-refractivity contribution in [2.75, 3.05) is 17.2 Å². The van der Waals surface area contributed by atoms with Crippen molar-refractivity contribution in [1.82, 2.24) is 9.78 Å². The molecule has 3 aromatic carbocycles. The number of aromatic nitrogens is 2. The molecule has 0 aliphatic heterocycles. The largest absolute Gasteiger partial charge is 0.494 e. The van der Waals surface area contributed by atoms with E-state index in [2.05, 4.69) is 15.7 Å². The van der Waals surface area contributed by atoms with Gasteiger partial charge in [0.2, 0.25) is 0 Å². The lowest BCUT2D eigenvalue weighted by Gasteiger charge is -2.09. The average Bonchev–Trinajstić information content (AvgIpc) is 3.17. The smallest absolute Gasteiger partial charge is 0.255 e. The molecular weight excluding hydrogens is 440 g/mol. The first kappa shape index (κ1) is 23.8. The SMILES string of the molecule is CCOc1ccc(NC(=O)c2ccc(NC(=O)c3ccc(Cn4nc(C)cc4C)cc3)cc2)cc1. The van der Waals surface area contributed by atoms with E-state index < -0.39 is 0 Å². The van der Waals surface area contributed by atoms with Crippen molar-refractivity contribution >= 4 is 23.2 Å². The molecule has 4 rings (SSSR count). The van der Waals surface area contributed by atoms with Crippen LogP contribution < -0.4 is 15.4 Å². The summed E-state index contributed by atoms with van der Waals surface area (Å²) in [7, 11) is 0. The van der Waals surface area contributed by atoms with Crippen molar-refractivity contribution in [3.63, 3.8) is 0 Å². The van der Waals surface area contributed by atoms with Crippen molar-refractivity contribution in [3.8, 4) is 5.75 Å². The predicted molar refractivity (Wildman–Crippen MR) is 137 cm³/mol. The van der Waals surface area contributed by atoms with E-state index in [9.17, 15) is 9.59 Å². The van der Waals surface area contributed by atoms with E-state index in [1.54, 1.807) is 48.5 Å². The van der Waals surface area contributed by atoms with Crippen LogP contribution in [0.3, 0.4) is 0 Å². The van der Waals surface area contributed by atoms with Crippen LogP contribution in [0.5, 0.6) is 5.75 Å². The number of ether oxygens (including phenoxy) is 1. The fourth-order valence-electron chi connectivity index (χ4n) is 3.68. The van der Waals surface area contributed by atoms with Gasteiger partial charge in [0.1, 0.15) is 5.75 Å². The number of carbonyl (C=O) groups excluding carboxylic acids is 2. The Morgan fingerprint density at radius 1 is 0.800 bits per heavy atom. The van der Waals surface area contributed by atoms with Crippen LogP contribution in [0.4, 0.5) is 11.4 Å². The molecule has 0 fully saturated rings. The Labute approximate surface area is 204 Å². The Kier molecular flexibility index (Phi) is 7.26. The Balaban J connectivity index is 1.33. The maximum absolute atomic E-state index is 12.7. The summed E-state index contributed by atoms with van der Waals surface area (Å²) in [6.07, 6.45) is 0. The minimum atomic E-state index is -0.231. The highest BCUT2D eigenvalue weighted by Gasteiger charge is 2.10. The van der Waals surface area contributed by atoms with Gasteiger partial charge in [0.15, 0.2) is 0 Å². The first-order chi connectivity index (χ1) is 16.9. The van der Waals surface area contributed by atoms with E-state index in [1.165, 1.54) is 0 Å². The lowest BCUT2D eigenvalue weighted by molar-refractivity contribution is 0.102. The third-order valence-electron chi connectivity index (χ3n) is 5.48. The summed E-state index contributed by atoms with van der Waals surface area (Å²) in [5, 5.41) is 10.2. The van der Waals surface area contributed by atoms with Crippen LogP contribution >= 0.6 is 0 Å². The van der Waals surface area contributed by atoms with Gasteiger partial charge in [0.05, 0.1) is 18.8 Å². The van der Waals surface area contributed by atoms with Gasteiger partial charge in [-0.3, -0.25) is 14.3 Å². The zero-order chi connectivity index (χ0) is 24.8. The summed E-state index contributed by atoms with van der Waals surface area (Å²) >= 11 is 0. The van der Waals surface area contributed by atoms with Crippen LogP contribution in [0.15, 0.2) is 78.9 Å². The molecule has 0 aliphatic carbocycles. The number of nitrogens with one attached hydrogen (secondary N) is 2. The third kappa shape index (κ3) is 6.14. The quantitative estimate of drug-likeness (QED) is 0.360. The minimum Gasteiger partial charge on any atom is -0.494 e. The zero-order valence-corrected chi connectivity index (χ0v) is 20.0. The second kappa shape index (κ2) is 10.7. The Morgan fingerprint density at radius 3 is 1.80 bits per heavy atom. The lowest BCUT2D eigenvalue weighted by atomic mass is 10.1. The molecule has 2 N–H and O–H groups in total. The van der Waals surface area contributed by atoms with Crippen molar-refractivity contribution in [2.24, 2.45) is 0 Å². The van der Waals surface area contributed by atoms with E-state index in [-0.39, 0.29) is 11.8 Å². The molecule has 4 aromatic rings. The number of carbonyl (C=O) groups is 2. The van der Waals surface area contributed by atoms with Gasteiger partial charge in [-0.05, 0) is 93.1 Å². The molecule has 0 aliphatic rings. The molecule has 0 atom stereocenters. The van der Waals surface area contributed by atoms with Crippen LogP contribution in [0.2, 0.25) is 0 Å². The van der Waals surface area contributed by atoms with Crippen LogP contribution in [0.25, 0.3) is 0 Å². The molecule has 1 heterocycles.